The molecule has 0 aliphatic carbocycles. The number of pyridine rings is 1. The second kappa shape index (κ2) is 5.85. The van der Waals surface area contributed by atoms with Gasteiger partial charge in [0.1, 0.15) is 0 Å². The molecule has 20 heavy (non-hydrogen) atoms. The molecule has 2 aromatic heterocycles. The van der Waals surface area contributed by atoms with Gasteiger partial charge in [-0.1, -0.05) is 40.2 Å². The van der Waals surface area contributed by atoms with Crippen molar-refractivity contribution >= 4 is 27.3 Å². The molecular weight excluding hydrogens is 332 g/mol. The molecule has 1 aromatic carbocycles. The van der Waals surface area contributed by atoms with Crippen molar-refractivity contribution in [3.8, 4) is 11.3 Å². The largest absolute Gasteiger partial charge is 0.261 e. The Balaban J connectivity index is 1.94. The molecular formula is C16H13BrN2S. The third-order valence-corrected chi connectivity index (χ3v) is 4.69. The molecule has 0 atom stereocenters. The monoisotopic (exact) mass is 344 g/mol. The number of hydrogen-bond donors (Lipinski definition) is 0. The van der Waals surface area contributed by atoms with E-state index in [9.17, 15) is 0 Å². The summed E-state index contributed by atoms with van der Waals surface area (Å²) in [5, 5.41) is 1.10. The normalized spacial score (nSPS) is 10.7. The van der Waals surface area contributed by atoms with E-state index in [1.165, 1.54) is 4.88 Å². The van der Waals surface area contributed by atoms with Gasteiger partial charge >= 0.3 is 0 Å². The van der Waals surface area contributed by atoms with Crippen molar-refractivity contribution in [3.63, 3.8) is 0 Å². The van der Waals surface area contributed by atoms with Crippen molar-refractivity contribution < 1.29 is 0 Å². The van der Waals surface area contributed by atoms with E-state index in [0.29, 0.717) is 0 Å². The zero-order chi connectivity index (χ0) is 13.9. The van der Waals surface area contributed by atoms with E-state index in [1.807, 2.05) is 42.6 Å². The smallest absolute Gasteiger partial charge is 0.0995 e. The van der Waals surface area contributed by atoms with Gasteiger partial charge in [0.25, 0.3) is 0 Å². The highest BCUT2D eigenvalue weighted by molar-refractivity contribution is 9.10. The van der Waals surface area contributed by atoms with Crippen molar-refractivity contribution in [2.45, 2.75) is 13.3 Å². The SMILES string of the molecule is Cc1sc(Cc2ccccn2)nc1-c1ccccc1Br. The fourth-order valence-electron chi connectivity index (χ4n) is 2.09. The number of nitrogens with zero attached hydrogens (tertiary/aromatic N) is 2. The molecule has 0 spiro atoms. The minimum atomic E-state index is 0.788. The Bertz CT molecular complexity index is 722. The van der Waals surface area contributed by atoms with Gasteiger partial charge in [-0.2, -0.15) is 0 Å². The van der Waals surface area contributed by atoms with E-state index in [0.717, 1.165) is 32.9 Å². The molecule has 0 aliphatic rings. The minimum Gasteiger partial charge on any atom is -0.261 e. The highest BCUT2D eigenvalue weighted by Gasteiger charge is 2.12. The molecule has 0 bridgehead atoms. The number of aromatic nitrogens is 2. The summed E-state index contributed by atoms with van der Waals surface area (Å²) >= 11 is 5.34. The lowest BCUT2D eigenvalue weighted by Crippen LogP contribution is -1.90. The van der Waals surface area contributed by atoms with Crippen LogP contribution >= 0.6 is 27.3 Å². The highest BCUT2D eigenvalue weighted by Crippen LogP contribution is 2.33. The second-order valence-electron chi connectivity index (χ2n) is 4.49. The van der Waals surface area contributed by atoms with Gasteiger partial charge in [-0.25, -0.2) is 4.98 Å². The van der Waals surface area contributed by atoms with E-state index < -0.39 is 0 Å². The lowest BCUT2D eigenvalue weighted by Gasteiger charge is -2.01. The summed E-state index contributed by atoms with van der Waals surface area (Å²) in [6.45, 7) is 2.12. The van der Waals surface area contributed by atoms with Crippen molar-refractivity contribution in [1.29, 1.82) is 0 Å². The van der Waals surface area contributed by atoms with Crippen LogP contribution in [0.5, 0.6) is 0 Å². The maximum absolute atomic E-state index is 4.78. The molecule has 0 aliphatic heterocycles. The van der Waals surface area contributed by atoms with Crippen LogP contribution in [-0.2, 0) is 6.42 Å². The Kier molecular flexibility index (Phi) is 3.94. The van der Waals surface area contributed by atoms with Crippen LogP contribution in [0.25, 0.3) is 11.3 Å². The van der Waals surface area contributed by atoms with Gasteiger partial charge in [-0.15, -0.1) is 11.3 Å². The maximum Gasteiger partial charge on any atom is 0.0995 e. The number of benzene rings is 1. The van der Waals surface area contributed by atoms with Gasteiger partial charge in [0, 0.05) is 33.2 Å². The summed E-state index contributed by atoms with van der Waals surface area (Å²) in [7, 11) is 0. The Hall–Kier alpha value is -1.52. The summed E-state index contributed by atoms with van der Waals surface area (Å²) in [4.78, 5) is 10.4. The molecule has 0 saturated heterocycles. The molecule has 0 radical (unpaired) electrons. The molecule has 4 heteroatoms. The molecule has 0 amide bonds. The molecule has 0 fully saturated rings. The Morgan fingerprint density at radius 1 is 1.10 bits per heavy atom. The third-order valence-electron chi connectivity index (χ3n) is 3.03. The average molecular weight is 345 g/mol. The molecule has 0 saturated carbocycles. The van der Waals surface area contributed by atoms with E-state index in [4.69, 9.17) is 4.98 Å². The second-order valence-corrected chi connectivity index (χ2v) is 6.63. The topological polar surface area (TPSA) is 25.8 Å². The predicted octanol–water partition coefficient (Wildman–Crippen LogP) is 4.87. The fourth-order valence-corrected chi connectivity index (χ4v) is 3.52. The van der Waals surface area contributed by atoms with Crippen molar-refractivity contribution in [3.05, 3.63) is 68.7 Å². The molecule has 3 aromatic rings. The number of rotatable bonds is 3. The number of halogens is 1. The van der Waals surface area contributed by atoms with Crippen LogP contribution in [0.4, 0.5) is 0 Å². The minimum absolute atomic E-state index is 0.788. The van der Waals surface area contributed by atoms with E-state index >= 15 is 0 Å². The van der Waals surface area contributed by atoms with Gasteiger partial charge in [-0.3, -0.25) is 4.98 Å². The van der Waals surface area contributed by atoms with Crippen molar-refractivity contribution in [1.82, 2.24) is 9.97 Å². The zero-order valence-electron chi connectivity index (χ0n) is 11.0. The molecule has 3 rings (SSSR count). The summed E-state index contributed by atoms with van der Waals surface area (Å²) in [5.41, 5.74) is 3.27. The summed E-state index contributed by atoms with van der Waals surface area (Å²) in [6, 6.07) is 14.2. The predicted molar refractivity (Wildman–Crippen MR) is 87.0 cm³/mol. The first-order valence-corrected chi connectivity index (χ1v) is 7.96. The molecule has 0 unspecified atom stereocenters. The van der Waals surface area contributed by atoms with Crippen molar-refractivity contribution in [2.24, 2.45) is 0 Å². The van der Waals surface area contributed by atoms with Crippen LogP contribution in [0.3, 0.4) is 0 Å². The van der Waals surface area contributed by atoms with E-state index in [1.54, 1.807) is 11.3 Å². The van der Waals surface area contributed by atoms with Crippen LogP contribution in [0.15, 0.2) is 53.1 Å². The maximum atomic E-state index is 4.78. The van der Waals surface area contributed by atoms with Crippen LogP contribution < -0.4 is 0 Å². The molecule has 2 heterocycles. The van der Waals surface area contributed by atoms with Gasteiger partial charge < -0.3 is 0 Å². The third kappa shape index (κ3) is 2.81. The first-order valence-electron chi connectivity index (χ1n) is 6.35. The van der Waals surface area contributed by atoms with Gasteiger partial charge in [0.15, 0.2) is 0 Å². The Morgan fingerprint density at radius 3 is 2.65 bits per heavy atom. The van der Waals surface area contributed by atoms with Gasteiger partial charge in [0.05, 0.1) is 10.7 Å². The number of aryl methyl sites for hydroxylation is 1. The zero-order valence-corrected chi connectivity index (χ0v) is 13.4. The van der Waals surface area contributed by atoms with E-state index in [-0.39, 0.29) is 0 Å². The van der Waals surface area contributed by atoms with Crippen molar-refractivity contribution in [2.75, 3.05) is 0 Å². The Morgan fingerprint density at radius 2 is 1.90 bits per heavy atom. The summed E-state index contributed by atoms with van der Waals surface area (Å²) in [5.74, 6) is 0. The van der Waals surface area contributed by atoms with Crippen LogP contribution in [0, 0.1) is 6.92 Å². The van der Waals surface area contributed by atoms with E-state index in [2.05, 4.69) is 33.9 Å². The lowest BCUT2D eigenvalue weighted by atomic mass is 10.1. The first kappa shape index (κ1) is 13.5. The average Bonchev–Trinajstić information content (AvgIpc) is 2.81. The standard InChI is InChI=1S/C16H13BrN2S/c1-11-16(13-7-2-3-8-14(13)17)19-15(20-11)10-12-6-4-5-9-18-12/h2-9H,10H2,1H3. The van der Waals surface area contributed by atoms with Crippen LogP contribution in [-0.4, -0.2) is 9.97 Å². The summed E-state index contributed by atoms with van der Waals surface area (Å²) < 4.78 is 1.08. The molecule has 2 nitrogen and oxygen atoms in total. The first-order chi connectivity index (χ1) is 9.74. The molecule has 0 N–H and O–H groups in total. The van der Waals surface area contributed by atoms with Crippen LogP contribution in [0.1, 0.15) is 15.6 Å². The van der Waals surface area contributed by atoms with Gasteiger partial charge in [0.2, 0.25) is 0 Å². The fraction of sp³-hybridized carbons (Fsp3) is 0.125. The molecule has 100 valence electrons. The summed E-state index contributed by atoms with van der Waals surface area (Å²) in [6.07, 6.45) is 2.61. The lowest BCUT2D eigenvalue weighted by molar-refractivity contribution is 1.05. The van der Waals surface area contributed by atoms with Gasteiger partial charge in [-0.05, 0) is 25.1 Å². The number of thiazole rings is 1. The Labute approximate surface area is 130 Å². The number of hydrogen-bond acceptors (Lipinski definition) is 3. The highest BCUT2D eigenvalue weighted by atomic mass is 79.9. The quantitative estimate of drug-likeness (QED) is 0.677. The van der Waals surface area contributed by atoms with Crippen LogP contribution in [0.2, 0.25) is 0 Å².